The zero-order chi connectivity index (χ0) is 18.0. The Morgan fingerprint density at radius 1 is 1.60 bits per heavy atom. The number of fused-ring (bicyclic) bond motifs is 2. The fourth-order valence-electron chi connectivity index (χ4n) is 3.05. The molecule has 0 aliphatic carbocycles. The molecule has 0 saturated carbocycles. The van der Waals surface area contributed by atoms with Crippen molar-refractivity contribution in [1.82, 2.24) is 19.5 Å². The number of phosphoric ester groups is 1. The van der Waals surface area contributed by atoms with Crippen LogP contribution in [0.2, 0.25) is 0 Å². The van der Waals surface area contributed by atoms with E-state index in [9.17, 15) is 9.36 Å². The highest BCUT2D eigenvalue weighted by Crippen LogP contribution is 2.59. The summed E-state index contributed by atoms with van der Waals surface area (Å²) < 4.78 is 49.5. The molecule has 0 amide bonds. The van der Waals surface area contributed by atoms with Crippen LogP contribution in [0.15, 0.2) is 11.1 Å². The van der Waals surface area contributed by atoms with Gasteiger partial charge in [0.15, 0.2) is 23.1 Å². The number of H-pyrrole nitrogens is 1. The summed E-state index contributed by atoms with van der Waals surface area (Å²) in [4.78, 5) is 22.1. The topological polar surface area (TPSA) is 144 Å². The summed E-state index contributed by atoms with van der Waals surface area (Å²) >= 11 is 0. The third-order valence-electron chi connectivity index (χ3n) is 4.25. The van der Waals surface area contributed by atoms with Crippen molar-refractivity contribution in [2.45, 2.75) is 31.0 Å². The molecule has 0 unspecified atom stereocenters. The van der Waals surface area contributed by atoms with Crippen LogP contribution in [-0.4, -0.2) is 51.1 Å². The van der Waals surface area contributed by atoms with Gasteiger partial charge in [-0.3, -0.25) is 27.9 Å². The summed E-state index contributed by atoms with van der Waals surface area (Å²) in [5, 5.41) is 0. The molecule has 0 radical (unpaired) electrons. The highest BCUT2D eigenvalue weighted by Gasteiger charge is 2.61. The molecular weight excluding hydrogens is 360 g/mol. The van der Waals surface area contributed by atoms with Crippen LogP contribution in [0.4, 0.5) is 10.3 Å². The molecule has 2 aromatic rings. The first kappa shape index (κ1) is 16.6. The maximum atomic E-state index is 15.5. The summed E-state index contributed by atoms with van der Waals surface area (Å²) in [7, 11) is -2.70. The fraction of sp³-hybridized carbons (Fsp3) is 0.583. The zero-order valence-electron chi connectivity index (χ0n) is 13.2. The van der Waals surface area contributed by atoms with E-state index < -0.39 is 37.5 Å². The van der Waals surface area contributed by atoms with Gasteiger partial charge in [0.25, 0.3) is 5.56 Å². The molecule has 136 valence electrons. The number of alkyl halides is 1. The smallest absolute Gasteiger partial charge is 0.369 e. The van der Waals surface area contributed by atoms with E-state index in [0.29, 0.717) is 0 Å². The quantitative estimate of drug-likeness (QED) is 0.717. The van der Waals surface area contributed by atoms with Crippen LogP contribution >= 0.6 is 7.82 Å². The number of anilines is 1. The number of ether oxygens (including phenoxy) is 1. The minimum Gasteiger partial charge on any atom is -0.369 e. The maximum absolute atomic E-state index is 15.5. The Morgan fingerprint density at radius 2 is 2.36 bits per heavy atom. The molecule has 2 saturated heterocycles. The molecular formula is C12H15FN5O6P. The number of nitrogen functional groups attached to an aromatic ring is 1. The van der Waals surface area contributed by atoms with Crippen LogP contribution in [-0.2, 0) is 22.9 Å². The Hall–Kier alpha value is -1.85. The second-order valence-electron chi connectivity index (χ2n) is 5.90. The first-order valence-electron chi connectivity index (χ1n) is 7.30. The molecule has 0 aromatic carbocycles. The number of hydrogen-bond donors (Lipinski definition) is 2. The van der Waals surface area contributed by atoms with E-state index in [-0.39, 0.29) is 23.7 Å². The van der Waals surface area contributed by atoms with E-state index in [2.05, 4.69) is 15.0 Å². The van der Waals surface area contributed by atoms with E-state index in [1.165, 1.54) is 17.8 Å². The maximum Gasteiger partial charge on any atom is 0.475 e. The summed E-state index contributed by atoms with van der Waals surface area (Å²) in [5.41, 5.74) is 2.91. The molecule has 11 nitrogen and oxygen atoms in total. The Bertz CT molecular complexity index is 944. The number of nitrogens with zero attached hydrogens (tertiary/aromatic N) is 3. The molecule has 0 spiro atoms. The molecule has 3 N–H and O–H groups in total. The summed E-state index contributed by atoms with van der Waals surface area (Å²) in [6.45, 7) is 1.06. The van der Waals surface area contributed by atoms with Crippen molar-refractivity contribution in [2.24, 2.45) is 0 Å². The van der Waals surface area contributed by atoms with Crippen molar-refractivity contribution in [3.8, 4) is 0 Å². The van der Waals surface area contributed by atoms with Crippen LogP contribution < -0.4 is 11.3 Å². The molecule has 2 aromatic heterocycles. The molecule has 13 heteroatoms. The highest BCUT2D eigenvalue weighted by atomic mass is 31.2. The molecule has 4 heterocycles. The van der Waals surface area contributed by atoms with Crippen LogP contribution in [0.3, 0.4) is 0 Å². The Labute approximate surface area is 139 Å². The van der Waals surface area contributed by atoms with Crippen molar-refractivity contribution >= 4 is 24.9 Å². The van der Waals surface area contributed by atoms with Gasteiger partial charge in [-0.05, 0) is 6.92 Å². The van der Waals surface area contributed by atoms with Gasteiger partial charge in [-0.15, -0.1) is 0 Å². The van der Waals surface area contributed by atoms with Gasteiger partial charge in [-0.25, -0.2) is 13.9 Å². The van der Waals surface area contributed by atoms with Crippen molar-refractivity contribution in [1.29, 1.82) is 0 Å². The minimum absolute atomic E-state index is 0.0109. The molecule has 5 atom stereocenters. The number of aromatic amines is 1. The largest absolute Gasteiger partial charge is 0.475 e. The van der Waals surface area contributed by atoms with Crippen LogP contribution in [0.25, 0.3) is 11.2 Å². The Kier molecular flexibility index (Phi) is 3.54. The van der Waals surface area contributed by atoms with Crippen LogP contribution in [0.5, 0.6) is 0 Å². The SMILES string of the molecule is CO[P@]1(=O)OC[C@H]2O[C@@H](n3cnc4c(=O)[nH]c(N)nc43)[C@](C)(F)[C@@H]2O1. The van der Waals surface area contributed by atoms with E-state index in [4.69, 9.17) is 24.0 Å². The van der Waals surface area contributed by atoms with Crippen molar-refractivity contribution in [3.05, 3.63) is 16.7 Å². The first-order valence-corrected chi connectivity index (χ1v) is 8.76. The molecule has 2 aliphatic heterocycles. The van der Waals surface area contributed by atoms with Gasteiger partial charge >= 0.3 is 7.82 Å². The molecule has 4 rings (SSSR count). The second kappa shape index (κ2) is 5.32. The third kappa shape index (κ3) is 2.41. The van der Waals surface area contributed by atoms with Gasteiger partial charge in [0.2, 0.25) is 5.95 Å². The summed E-state index contributed by atoms with van der Waals surface area (Å²) in [6, 6.07) is 0. The molecule has 2 aliphatic rings. The number of halogens is 1. The molecule has 2 fully saturated rings. The average Bonchev–Trinajstić information content (AvgIpc) is 3.07. The highest BCUT2D eigenvalue weighted by molar-refractivity contribution is 7.48. The minimum atomic E-state index is -3.85. The number of nitrogens with two attached hydrogens (primary N) is 1. The van der Waals surface area contributed by atoms with Gasteiger partial charge in [-0.1, -0.05) is 0 Å². The Balaban J connectivity index is 1.78. The number of rotatable bonds is 2. The number of hydrogen-bond acceptors (Lipinski definition) is 9. The number of nitrogens with one attached hydrogen (secondary N) is 1. The lowest BCUT2D eigenvalue weighted by atomic mass is 9.98. The van der Waals surface area contributed by atoms with Gasteiger partial charge in [0.1, 0.15) is 12.2 Å². The molecule has 25 heavy (non-hydrogen) atoms. The number of imidazole rings is 1. The lowest BCUT2D eigenvalue weighted by molar-refractivity contribution is -0.0686. The van der Waals surface area contributed by atoms with E-state index in [0.717, 1.165) is 7.11 Å². The lowest BCUT2D eigenvalue weighted by Crippen LogP contribution is -2.44. The predicted octanol–water partition coefficient (Wildman–Crippen LogP) is 0.497. The van der Waals surface area contributed by atoms with Crippen LogP contribution in [0.1, 0.15) is 13.2 Å². The van der Waals surface area contributed by atoms with Crippen molar-refractivity contribution < 1.29 is 27.3 Å². The van der Waals surface area contributed by atoms with E-state index in [1.54, 1.807) is 0 Å². The lowest BCUT2D eigenvalue weighted by Gasteiger charge is -2.33. The second-order valence-corrected chi connectivity index (χ2v) is 7.63. The van der Waals surface area contributed by atoms with Crippen molar-refractivity contribution in [2.75, 3.05) is 19.5 Å². The summed E-state index contributed by atoms with van der Waals surface area (Å²) in [6.07, 6.45) is -2.04. The first-order chi connectivity index (χ1) is 11.7. The van der Waals surface area contributed by atoms with Crippen molar-refractivity contribution in [3.63, 3.8) is 0 Å². The Morgan fingerprint density at radius 3 is 3.08 bits per heavy atom. The fourth-order valence-corrected chi connectivity index (χ4v) is 4.26. The predicted molar refractivity (Wildman–Crippen MR) is 81.4 cm³/mol. The normalized spacial score (nSPS) is 38.1. The third-order valence-corrected chi connectivity index (χ3v) is 5.64. The van der Waals surface area contributed by atoms with Crippen LogP contribution in [0, 0.1) is 0 Å². The van der Waals surface area contributed by atoms with E-state index in [1.807, 2.05) is 0 Å². The van der Waals surface area contributed by atoms with Gasteiger partial charge in [0.05, 0.1) is 12.9 Å². The number of phosphoric acid groups is 1. The zero-order valence-corrected chi connectivity index (χ0v) is 14.1. The van der Waals surface area contributed by atoms with Gasteiger partial charge < -0.3 is 10.5 Å². The monoisotopic (exact) mass is 375 g/mol. The van der Waals surface area contributed by atoms with Gasteiger partial charge in [-0.2, -0.15) is 4.98 Å². The summed E-state index contributed by atoms with van der Waals surface area (Å²) in [5.74, 6) is -0.140. The van der Waals surface area contributed by atoms with Gasteiger partial charge in [0, 0.05) is 7.11 Å². The average molecular weight is 375 g/mol. The van der Waals surface area contributed by atoms with E-state index >= 15 is 4.39 Å². The molecule has 0 bridgehead atoms. The standard InChI is InChI=1S/C12H15FN5O6P/c1-12(13)7-5(3-22-25(20,21-2)24-7)23-10(12)18-4-15-6-8(18)16-11(14)17-9(6)19/h4-5,7,10H,3H2,1-2H3,(H3,14,16,17,19)/t5-,7-,10-,12-,25-/m1/s1. The number of aromatic nitrogens is 4.